The summed E-state index contributed by atoms with van der Waals surface area (Å²) in [6, 6.07) is 4.48. The van der Waals surface area contributed by atoms with Gasteiger partial charge in [-0.3, -0.25) is 0 Å². The van der Waals surface area contributed by atoms with Gasteiger partial charge in [-0.1, -0.05) is 29.3 Å². The Hall–Kier alpha value is -0.0400. The number of nitrogens with two attached hydrogens (primary N) is 1. The van der Waals surface area contributed by atoms with Crippen molar-refractivity contribution in [2.24, 2.45) is 5.73 Å². The first kappa shape index (κ1) is 17.0. The molecule has 0 amide bonds. The molecular formula is C11H15Cl3N2O2S. The number of sulfonamides is 1. The van der Waals surface area contributed by atoms with Crippen molar-refractivity contribution < 1.29 is 8.42 Å². The molecule has 0 aliphatic heterocycles. The lowest BCUT2D eigenvalue weighted by atomic mass is 10.2. The number of hydrogen-bond acceptors (Lipinski definition) is 3. The van der Waals surface area contributed by atoms with Gasteiger partial charge in [-0.2, -0.15) is 0 Å². The predicted molar refractivity (Wildman–Crippen MR) is 79.6 cm³/mol. The SMILES string of the molecule is Cl.N[C@@H]1CC[C@@H](NS(=O)(=O)c2cccc(Cl)c2Cl)C1. The molecule has 8 heteroatoms. The normalized spacial score (nSPS) is 23.1. The van der Waals surface area contributed by atoms with Crippen LogP contribution in [-0.2, 0) is 10.0 Å². The van der Waals surface area contributed by atoms with Gasteiger partial charge in [0, 0.05) is 12.1 Å². The molecule has 2 atom stereocenters. The molecule has 0 unspecified atom stereocenters. The van der Waals surface area contributed by atoms with Crippen molar-refractivity contribution in [2.75, 3.05) is 0 Å². The van der Waals surface area contributed by atoms with E-state index in [0.29, 0.717) is 6.42 Å². The number of nitrogens with one attached hydrogen (secondary N) is 1. The van der Waals surface area contributed by atoms with Gasteiger partial charge in [0.1, 0.15) is 4.90 Å². The molecule has 0 radical (unpaired) electrons. The molecule has 1 aliphatic carbocycles. The van der Waals surface area contributed by atoms with Gasteiger partial charge in [0.15, 0.2) is 0 Å². The molecular weight excluding hydrogens is 331 g/mol. The summed E-state index contributed by atoms with van der Waals surface area (Å²) in [6.07, 6.45) is 2.23. The summed E-state index contributed by atoms with van der Waals surface area (Å²) in [6.45, 7) is 0. The number of rotatable bonds is 3. The monoisotopic (exact) mass is 344 g/mol. The van der Waals surface area contributed by atoms with Crippen LogP contribution in [0.4, 0.5) is 0 Å². The van der Waals surface area contributed by atoms with E-state index >= 15 is 0 Å². The van der Waals surface area contributed by atoms with Gasteiger partial charge in [-0.05, 0) is 31.4 Å². The highest BCUT2D eigenvalue weighted by Gasteiger charge is 2.28. The van der Waals surface area contributed by atoms with E-state index in [1.54, 1.807) is 12.1 Å². The summed E-state index contributed by atoms with van der Waals surface area (Å²) in [5, 5.41) is 0.275. The van der Waals surface area contributed by atoms with Crippen molar-refractivity contribution in [2.45, 2.75) is 36.2 Å². The van der Waals surface area contributed by atoms with Crippen LogP contribution in [0.15, 0.2) is 23.1 Å². The first-order valence-corrected chi connectivity index (χ1v) is 7.86. The summed E-state index contributed by atoms with van der Waals surface area (Å²) in [4.78, 5) is 0.0112. The molecule has 0 bridgehead atoms. The Bertz CT molecular complexity index is 551. The Balaban J connectivity index is 0.00000180. The van der Waals surface area contributed by atoms with Crippen molar-refractivity contribution in [3.8, 4) is 0 Å². The molecule has 4 nitrogen and oxygen atoms in total. The molecule has 1 aliphatic rings. The third-order valence-electron chi connectivity index (χ3n) is 3.00. The fourth-order valence-corrected chi connectivity index (χ4v) is 4.14. The van der Waals surface area contributed by atoms with Gasteiger partial charge in [-0.25, -0.2) is 13.1 Å². The molecule has 108 valence electrons. The van der Waals surface area contributed by atoms with Crippen LogP contribution < -0.4 is 10.5 Å². The van der Waals surface area contributed by atoms with Gasteiger partial charge in [0.05, 0.1) is 10.0 Å². The average molecular weight is 346 g/mol. The zero-order valence-corrected chi connectivity index (χ0v) is 13.1. The van der Waals surface area contributed by atoms with E-state index in [1.807, 2.05) is 0 Å². The first-order valence-electron chi connectivity index (χ1n) is 5.62. The smallest absolute Gasteiger partial charge is 0.242 e. The number of hydrogen-bond donors (Lipinski definition) is 2. The maximum atomic E-state index is 12.2. The fourth-order valence-electron chi connectivity index (χ4n) is 2.10. The Labute approximate surface area is 129 Å². The van der Waals surface area contributed by atoms with Crippen LogP contribution in [-0.4, -0.2) is 20.5 Å². The molecule has 19 heavy (non-hydrogen) atoms. The second kappa shape index (κ2) is 6.61. The minimum Gasteiger partial charge on any atom is -0.328 e. The van der Waals surface area contributed by atoms with Crippen LogP contribution in [0, 0.1) is 0 Å². The van der Waals surface area contributed by atoms with E-state index < -0.39 is 10.0 Å². The van der Waals surface area contributed by atoms with Gasteiger partial charge in [0.25, 0.3) is 0 Å². The summed E-state index contributed by atoms with van der Waals surface area (Å²) < 4.78 is 27.0. The minimum absolute atomic E-state index is 0. The van der Waals surface area contributed by atoms with Crippen LogP contribution in [0.25, 0.3) is 0 Å². The lowest BCUT2D eigenvalue weighted by molar-refractivity contribution is 0.549. The van der Waals surface area contributed by atoms with Crippen LogP contribution in [0.1, 0.15) is 19.3 Å². The zero-order chi connectivity index (χ0) is 13.3. The quantitative estimate of drug-likeness (QED) is 0.884. The topological polar surface area (TPSA) is 72.2 Å². The Morgan fingerprint density at radius 1 is 1.26 bits per heavy atom. The molecule has 0 heterocycles. The second-order valence-electron chi connectivity index (χ2n) is 4.44. The third-order valence-corrected chi connectivity index (χ3v) is 5.49. The van der Waals surface area contributed by atoms with E-state index in [9.17, 15) is 8.42 Å². The summed E-state index contributed by atoms with van der Waals surface area (Å²) in [7, 11) is -3.64. The highest BCUT2D eigenvalue weighted by Crippen LogP contribution is 2.29. The third kappa shape index (κ3) is 3.97. The molecule has 0 aromatic heterocycles. The van der Waals surface area contributed by atoms with E-state index in [4.69, 9.17) is 28.9 Å². The number of halogens is 3. The maximum absolute atomic E-state index is 12.2. The summed E-state index contributed by atoms with van der Waals surface area (Å²) in [5.74, 6) is 0. The van der Waals surface area contributed by atoms with Crippen molar-refractivity contribution in [3.63, 3.8) is 0 Å². The van der Waals surface area contributed by atoms with Crippen LogP contribution in [0.5, 0.6) is 0 Å². The van der Waals surface area contributed by atoms with Gasteiger partial charge >= 0.3 is 0 Å². The van der Waals surface area contributed by atoms with Crippen molar-refractivity contribution in [1.82, 2.24) is 4.72 Å². The van der Waals surface area contributed by atoms with E-state index in [1.165, 1.54) is 6.07 Å². The minimum atomic E-state index is -3.64. The predicted octanol–water partition coefficient (Wildman–Crippen LogP) is 2.57. The largest absolute Gasteiger partial charge is 0.328 e. The van der Waals surface area contributed by atoms with E-state index in [-0.39, 0.29) is 39.4 Å². The van der Waals surface area contributed by atoms with Crippen LogP contribution in [0.2, 0.25) is 10.0 Å². The van der Waals surface area contributed by atoms with Crippen LogP contribution in [0.3, 0.4) is 0 Å². The maximum Gasteiger partial charge on any atom is 0.242 e. The Morgan fingerprint density at radius 3 is 2.53 bits per heavy atom. The molecule has 2 rings (SSSR count). The van der Waals surface area contributed by atoms with E-state index in [0.717, 1.165) is 12.8 Å². The van der Waals surface area contributed by atoms with E-state index in [2.05, 4.69) is 4.72 Å². The van der Waals surface area contributed by atoms with Gasteiger partial charge in [0.2, 0.25) is 10.0 Å². The van der Waals surface area contributed by atoms with Gasteiger partial charge in [-0.15, -0.1) is 12.4 Å². The zero-order valence-electron chi connectivity index (χ0n) is 9.97. The Morgan fingerprint density at radius 2 is 1.95 bits per heavy atom. The summed E-state index contributed by atoms with van der Waals surface area (Å²) in [5.41, 5.74) is 5.75. The molecule has 1 aromatic carbocycles. The van der Waals surface area contributed by atoms with Gasteiger partial charge < -0.3 is 5.73 Å². The van der Waals surface area contributed by atoms with Crippen molar-refractivity contribution in [3.05, 3.63) is 28.2 Å². The van der Waals surface area contributed by atoms with Crippen molar-refractivity contribution >= 4 is 45.6 Å². The van der Waals surface area contributed by atoms with Crippen LogP contribution >= 0.6 is 35.6 Å². The van der Waals surface area contributed by atoms with Crippen molar-refractivity contribution in [1.29, 1.82) is 0 Å². The lowest BCUT2D eigenvalue weighted by Gasteiger charge is -2.14. The Kier molecular flexibility index (Phi) is 5.92. The highest BCUT2D eigenvalue weighted by molar-refractivity contribution is 7.89. The standard InChI is InChI=1S/C11H14Cl2N2O2S.ClH/c12-9-2-1-3-10(11(9)13)18(16,17)15-8-5-4-7(14)6-8;/h1-3,7-8,15H,4-6,14H2;1H/t7-,8-;/m1./s1. The average Bonchev–Trinajstić information content (AvgIpc) is 2.67. The molecule has 1 aromatic rings. The molecule has 0 spiro atoms. The first-order chi connectivity index (χ1) is 8.40. The highest BCUT2D eigenvalue weighted by atomic mass is 35.5. The fraction of sp³-hybridized carbons (Fsp3) is 0.455. The lowest BCUT2D eigenvalue weighted by Crippen LogP contribution is -2.34. The molecule has 0 saturated heterocycles. The summed E-state index contributed by atoms with van der Waals surface area (Å²) >= 11 is 11.7. The number of benzene rings is 1. The second-order valence-corrected chi connectivity index (χ2v) is 6.91. The molecule has 1 fully saturated rings. The molecule has 1 saturated carbocycles. The molecule has 3 N–H and O–H groups in total.